The molecule has 0 saturated heterocycles. The van der Waals surface area contributed by atoms with Gasteiger partial charge in [-0.3, -0.25) is 14.9 Å². The van der Waals surface area contributed by atoms with Crippen LogP contribution in [-0.4, -0.2) is 29.2 Å². The lowest BCUT2D eigenvalue weighted by Gasteiger charge is -2.11. The number of carbonyl (C=O) groups excluding carboxylic acids is 1. The standard InChI is InChI=1S/C10H12N2O5/c1-6(17-2)10(14)11-9-7(12(15)16)4-3-5-8(9)13/h3-6,13H,1-2H3,(H,11,14). The van der Waals surface area contributed by atoms with Gasteiger partial charge in [0.2, 0.25) is 0 Å². The maximum Gasteiger partial charge on any atom is 0.296 e. The maximum atomic E-state index is 11.5. The number of aromatic hydroxyl groups is 1. The molecular formula is C10H12N2O5. The summed E-state index contributed by atoms with van der Waals surface area (Å²) in [5.74, 6) is -0.937. The van der Waals surface area contributed by atoms with E-state index < -0.39 is 16.9 Å². The molecule has 0 spiro atoms. The zero-order chi connectivity index (χ0) is 13.0. The molecule has 0 aliphatic heterocycles. The number of anilines is 1. The minimum atomic E-state index is -0.769. The van der Waals surface area contributed by atoms with Crippen molar-refractivity contribution in [3.8, 4) is 5.75 Å². The highest BCUT2D eigenvalue weighted by molar-refractivity contribution is 5.97. The number of nitro benzene ring substituents is 1. The average Bonchev–Trinajstić information content (AvgIpc) is 2.30. The molecule has 2 N–H and O–H groups in total. The normalized spacial score (nSPS) is 11.9. The van der Waals surface area contributed by atoms with Crippen LogP contribution in [0.3, 0.4) is 0 Å². The number of hydrogen-bond donors (Lipinski definition) is 2. The van der Waals surface area contributed by atoms with Crippen LogP contribution in [0.2, 0.25) is 0 Å². The van der Waals surface area contributed by atoms with Gasteiger partial charge >= 0.3 is 0 Å². The zero-order valence-electron chi connectivity index (χ0n) is 9.34. The van der Waals surface area contributed by atoms with Crippen molar-refractivity contribution in [2.75, 3.05) is 12.4 Å². The molecule has 17 heavy (non-hydrogen) atoms. The van der Waals surface area contributed by atoms with Gasteiger partial charge in [-0.15, -0.1) is 0 Å². The minimum Gasteiger partial charge on any atom is -0.505 e. The van der Waals surface area contributed by atoms with E-state index in [0.717, 1.165) is 0 Å². The van der Waals surface area contributed by atoms with Crippen LogP contribution in [0, 0.1) is 10.1 Å². The van der Waals surface area contributed by atoms with Crippen LogP contribution in [0.15, 0.2) is 18.2 Å². The Labute approximate surface area is 97.2 Å². The van der Waals surface area contributed by atoms with Crippen LogP contribution in [0.5, 0.6) is 5.75 Å². The number of nitrogens with one attached hydrogen (secondary N) is 1. The molecule has 0 saturated carbocycles. The van der Waals surface area contributed by atoms with E-state index in [0.29, 0.717) is 0 Å². The van der Waals surface area contributed by atoms with Gasteiger partial charge < -0.3 is 15.2 Å². The molecule has 1 aromatic rings. The van der Waals surface area contributed by atoms with E-state index in [2.05, 4.69) is 5.32 Å². The van der Waals surface area contributed by atoms with Crippen molar-refractivity contribution in [2.45, 2.75) is 13.0 Å². The summed E-state index contributed by atoms with van der Waals surface area (Å²) in [5, 5.41) is 22.4. The molecule has 7 nitrogen and oxygen atoms in total. The summed E-state index contributed by atoms with van der Waals surface area (Å²) < 4.78 is 4.76. The summed E-state index contributed by atoms with van der Waals surface area (Å²) in [6.45, 7) is 1.49. The van der Waals surface area contributed by atoms with Crippen molar-refractivity contribution in [3.63, 3.8) is 0 Å². The lowest BCUT2D eigenvalue weighted by atomic mass is 10.2. The third kappa shape index (κ3) is 2.91. The Morgan fingerprint density at radius 1 is 1.59 bits per heavy atom. The Balaban J connectivity index is 3.05. The first-order chi connectivity index (χ1) is 7.97. The summed E-state index contributed by atoms with van der Waals surface area (Å²) in [6.07, 6.45) is -0.769. The molecule has 1 unspecified atom stereocenters. The van der Waals surface area contributed by atoms with Crippen molar-refractivity contribution >= 4 is 17.3 Å². The fourth-order valence-corrected chi connectivity index (χ4v) is 1.14. The van der Waals surface area contributed by atoms with Crippen LogP contribution in [0.25, 0.3) is 0 Å². The summed E-state index contributed by atoms with van der Waals surface area (Å²) in [7, 11) is 1.34. The number of carbonyl (C=O) groups is 1. The van der Waals surface area contributed by atoms with Gasteiger partial charge in [0.25, 0.3) is 11.6 Å². The SMILES string of the molecule is COC(C)C(=O)Nc1c(O)cccc1[N+](=O)[O-]. The molecule has 7 heteroatoms. The number of benzene rings is 1. The first-order valence-corrected chi connectivity index (χ1v) is 4.77. The van der Waals surface area contributed by atoms with E-state index in [-0.39, 0.29) is 17.1 Å². The number of methoxy groups -OCH3 is 1. The van der Waals surface area contributed by atoms with Gasteiger partial charge in [-0.1, -0.05) is 6.07 Å². The van der Waals surface area contributed by atoms with E-state index >= 15 is 0 Å². The van der Waals surface area contributed by atoms with Crippen LogP contribution < -0.4 is 5.32 Å². The number of phenols is 1. The van der Waals surface area contributed by atoms with Gasteiger partial charge in [0, 0.05) is 13.2 Å². The van der Waals surface area contributed by atoms with Crippen molar-refractivity contribution in [1.82, 2.24) is 0 Å². The molecule has 1 rings (SSSR count). The molecule has 0 aliphatic carbocycles. The quantitative estimate of drug-likeness (QED) is 0.468. The third-order valence-electron chi connectivity index (χ3n) is 2.19. The van der Waals surface area contributed by atoms with Crippen LogP contribution in [0.1, 0.15) is 6.92 Å². The van der Waals surface area contributed by atoms with Crippen LogP contribution >= 0.6 is 0 Å². The van der Waals surface area contributed by atoms with Gasteiger partial charge in [0.15, 0.2) is 5.69 Å². The fourth-order valence-electron chi connectivity index (χ4n) is 1.14. The summed E-state index contributed by atoms with van der Waals surface area (Å²) in [5.41, 5.74) is -0.604. The van der Waals surface area contributed by atoms with Crippen molar-refractivity contribution < 1.29 is 19.6 Å². The van der Waals surface area contributed by atoms with Crippen molar-refractivity contribution in [2.24, 2.45) is 0 Å². The molecule has 0 aromatic heterocycles. The molecule has 1 atom stereocenters. The van der Waals surface area contributed by atoms with Crippen molar-refractivity contribution in [1.29, 1.82) is 0 Å². The second kappa shape index (κ2) is 5.26. The Morgan fingerprint density at radius 2 is 2.24 bits per heavy atom. The molecule has 0 bridgehead atoms. The number of nitrogens with zero attached hydrogens (tertiary/aromatic N) is 1. The van der Waals surface area contributed by atoms with E-state index in [4.69, 9.17) is 4.74 Å². The summed E-state index contributed by atoms with van der Waals surface area (Å²) in [4.78, 5) is 21.5. The van der Waals surface area contributed by atoms with Crippen molar-refractivity contribution in [3.05, 3.63) is 28.3 Å². The number of phenolic OH excluding ortho intramolecular Hbond substituents is 1. The molecule has 0 fully saturated rings. The molecule has 0 heterocycles. The highest BCUT2D eigenvalue weighted by atomic mass is 16.6. The Morgan fingerprint density at radius 3 is 2.76 bits per heavy atom. The van der Waals surface area contributed by atoms with E-state index in [1.54, 1.807) is 0 Å². The van der Waals surface area contributed by atoms with Gasteiger partial charge in [-0.2, -0.15) is 0 Å². The van der Waals surface area contributed by atoms with Crippen LogP contribution in [-0.2, 0) is 9.53 Å². The maximum absolute atomic E-state index is 11.5. The smallest absolute Gasteiger partial charge is 0.296 e. The second-order valence-electron chi connectivity index (χ2n) is 3.30. The first-order valence-electron chi connectivity index (χ1n) is 4.77. The van der Waals surface area contributed by atoms with Gasteiger partial charge in [-0.25, -0.2) is 0 Å². The Bertz CT molecular complexity index is 446. The number of nitro groups is 1. The number of amides is 1. The molecular weight excluding hydrogens is 228 g/mol. The molecule has 0 radical (unpaired) electrons. The average molecular weight is 240 g/mol. The number of rotatable bonds is 4. The van der Waals surface area contributed by atoms with Gasteiger partial charge in [0.05, 0.1) is 4.92 Å². The zero-order valence-corrected chi connectivity index (χ0v) is 9.34. The second-order valence-corrected chi connectivity index (χ2v) is 3.30. The minimum absolute atomic E-state index is 0.230. The highest BCUT2D eigenvalue weighted by Gasteiger charge is 2.21. The van der Waals surface area contributed by atoms with E-state index in [1.165, 1.54) is 32.2 Å². The number of hydrogen-bond acceptors (Lipinski definition) is 5. The lowest BCUT2D eigenvalue weighted by Crippen LogP contribution is -2.26. The van der Waals surface area contributed by atoms with E-state index in [9.17, 15) is 20.0 Å². The predicted octanol–water partition coefficient (Wildman–Crippen LogP) is 1.27. The van der Waals surface area contributed by atoms with Gasteiger partial charge in [0.1, 0.15) is 11.9 Å². The largest absolute Gasteiger partial charge is 0.505 e. The van der Waals surface area contributed by atoms with E-state index in [1.807, 2.05) is 0 Å². The monoisotopic (exact) mass is 240 g/mol. The Hall–Kier alpha value is -2.15. The van der Waals surface area contributed by atoms with Gasteiger partial charge in [-0.05, 0) is 13.0 Å². The summed E-state index contributed by atoms with van der Waals surface area (Å²) in [6, 6.07) is 3.76. The summed E-state index contributed by atoms with van der Waals surface area (Å²) >= 11 is 0. The predicted molar refractivity (Wildman–Crippen MR) is 59.9 cm³/mol. The third-order valence-corrected chi connectivity index (χ3v) is 2.19. The number of ether oxygens (including phenoxy) is 1. The van der Waals surface area contributed by atoms with Crippen LogP contribution in [0.4, 0.5) is 11.4 Å². The topological polar surface area (TPSA) is 102 Å². The molecule has 92 valence electrons. The fraction of sp³-hybridized carbons (Fsp3) is 0.300. The molecule has 1 aromatic carbocycles. The first kappa shape index (κ1) is 12.9. The lowest BCUT2D eigenvalue weighted by molar-refractivity contribution is -0.384. The highest BCUT2D eigenvalue weighted by Crippen LogP contribution is 2.33. The molecule has 1 amide bonds. The molecule has 0 aliphatic rings. The Kier molecular flexibility index (Phi) is 4.00. The number of para-hydroxylation sites is 1.